The summed E-state index contributed by atoms with van der Waals surface area (Å²) in [5.41, 5.74) is -0.00125. The second kappa shape index (κ2) is 7.39. The maximum atomic E-state index is 13.6. The van der Waals surface area contributed by atoms with Gasteiger partial charge in [-0.3, -0.25) is 9.59 Å². The molecule has 0 unspecified atom stereocenters. The molecular weight excluding hydrogens is 420 g/mol. The number of carbonyl (C=O) groups is 2. The highest BCUT2D eigenvalue weighted by Crippen LogP contribution is 2.57. The Morgan fingerprint density at radius 2 is 1.21 bits per heavy atom. The van der Waals surface area contributed by atoms with Crippen molar-refractivity contribution < 1.29 is 35.9 Å². The molecule has 0 aromatic heterocycles. The topological polar surface area (TPSA) is 121 Å². The molecule has 0 saturated heterocycles. The molecule has 2 saturated carbocycles. The van der Waals surface area contributed by atoms with E-state index >= 15 is 0 Å². The quantitative estimate of drug-likeness (QED) is 0.528. The van der Waals surface area contributed by atoms with Gasteiger partial charge in [0.25, 0.3) is 0 Å². The summed E-state index contributed by atoms with van der Waals surface area (Å²) in [5, 5.41) is 0. The Balaban J connectivity index is 2.15. The third kappa shape index (κ3) is 3.26. The number of rotatable bonds is 9. The first-order valence-corrected chi connectivity index (χ1v) is 12.6. The lowest BCUT2D eigenvalue weighted by molar-refractivity contribution is -0.144. The van der Waals surface area contributed by atoms with Crippen molar-refractivity contribution >= 4 is 31.6 Å². The molecule has 1 aromatic carbocycles. The van der Waals surface area contributed by atoms with Crippen LogP contribution in [0.15, 0.2) is 30.3 Å². The molecule has 0 spiro atoms. The van der Waals surface area contributed by atoms with Gasteiger partial charge in [0.2, 0.25) is 0 Å². The Bertz CT molecular complexity index is 940. The van der Waals surface area contributed by atoms with E-state index in [0.29, 0.717) is 0 Å². The number of ether oxygens (including phenoxy) is 2. The predicted octanol–water partition coefficient (Wildman–Crippen LogP) is 1.71. The number of hydrogen-bond acceptors (Lipinski definition) is 8. The van der Waals surface area contributed by atoms with Gasteiger partial charge in [-0.05, 0) is 45.1 Å². The van der Waals surface area contributed by atoms with E-state index < -0.39 is 45.7 Å². The Morgan fingerprint density at radius 1 is 0.828 bits per heavy atom. The molecule has 160 valence electrons. The van der Waals surface area contributed by atoms with Crippen LogP contribution < -0.4 is 0 Å². The molecule has 1 aromatic rings. The Labute approximate surface area is 170 Å². The van der Waals surface area contributed by atoms with Crippen LogP contribution in [0.4, 0.5) is 0 Å². The number of hydrogen-bond donors (Lipinski definition) is 0. The molecule has 0 heterocycles. The number of benzene rings is 1. The average Bonchev–Trinajstić information content (AvgIpc) is 3.56. The molecule has 2 fully saturated rings. The van der Waals surface area contributed by atoms with Crippen molar-refractivity contribution in [2.45, 2.75) is 53.6 Å². The van der Waals surface area contributed by atoms with Gasteiger partial charge >= 0.3 is 11.9 Å². The van der Waals surface area contributed by atoms with E-state index in [-0.39, 0.29) is 44.5 Å². The van der Waals surface area contributed by atoms with Crippen LogP contribution in [0, 0.1) is 0 Å². The molecule has 2 aliphatic rings. The third-order valence-electron chi connectivity index (χ3n) is 5.43. The first-order valence-electron chi connectivity index (χ1n) is 9.47. The Kier molecular flexibility index (Phi) is 5.55. The van der Waals surface area contributed by atoms with Gasteiger partial charge in [0.1, 0.15) is 0 Å². The summed E-state index contributed by atoms with van der Waals surface area (Å²) in [4.78, 5) is 24.9. The molecule has 3 rings (SSSR count). The molecule has 0 radical (unpaired) electrons. The van der Waals surface area contributed by atoms with Crippen molar-refractivity contribution in [3.63, 3.8) is 0 Å². The standard InChI is InChI=1S/C19H24O8S2/c1-3-26-16(20)18(10-11-18)28(22,23)15(14-8-6-5-7-9-14)29(24,25)19(12-13-19)17(21)27-4-2/h5-9,15H,3-4,10-13H2,1-2H3. The zero-order chi connectivity index (χ0) is 21.5. The fraction of sp³-hybridized carbons (Fsp3) is 0.579. The van der Waals surface area contributed by atoms with Crippen LogP contribution in [-0.2, 0) is 38.7 Å². The molecule has 0 bridgehead atoms. The molecular formula is C19H24O8S2. The van der Waals surface area contributed by atoms with Crippen LogP contribution in [0.1, 0.15) is 49.7 Å². The maximum absolute atomic E-state index is 13.6. The summed E-state index contributed by atoms with van der Waals surface area (Å²) in [5.74, 6) is -1.89. The lowest BCUT2D eigenvalue weighted by Crippen LogP contribution is -2.45. The normalized spacial score (nSPS) is 19.4. The fourth-order valence-electron chi connectivity index (χ4n) is 3.51. The van der Waals surface area contributed by atoms with E-state index in [2.05, 4.69) is 0 Å². The van der Waals surface area contributed by atoms with Gasteiger partial charge in [-0.1, -0.05) is 30.3 Å². The summed E-state index contributed by atoms with van der Waals surface area (Å²) in [6, 6.07) is 7.41. The molecule has 0 N–H and O–H groups in total. The molecule has 0 aliphatic heterocycles. The van der Waals surface area contributed by atoms with E-state index in [9.17, 15) is 26.4 Å². The zero-order valence-electron chi connectivity index (χ0n) is 16.3. The zero-order valence-corrected chi connectivity index (χ0v) is 17.9. The summed E-state index contributed by atoms with van der Waals surface area (Å²) in [6.07, 6.45) is -0.0578. The second-order valence-corrected chi connectivity index (χ2v) is 12.2. The highest BCUT2D eigenvalue weighted by molar-refractivity contribution is 8.10. The van der Waals surface area contributed by atoms with Crippen LogP contribution in [0.2, 0.25) is 0 Å². The van der Waals surface area contributed by atoms with Gasteiger partial charge in [-0.15, -0.1) is 0 Å². The molecule has 10 heteroatoms. The summed E-state index contributed by atoms with van der Waals surface area (Å²) < 4.78 is 58.4. The molecule has 0 atom stereocenters. The first-order chi connectivity index (χ1) is 13.6. The average molecular weight is 445 g/mol. The first kappa shape index (κ1) is 21.8. The Morgan fingerprint density at radius 3 is 1.52 bits per heavy atom. The van der Waals surface area contributed by atoms with Crippen LogP contribution in [0.25, 0.3) is 0 Å². The van der Waals surface area contributed by atoms with Crippen LogP contribution in [0.5, 0.6) is 0 Å². The Hall–Kier alpha value is -1.94. The highest BCUT2D eigenvalue weighted by Gasteiger charge is 2.72. The molecule has 0 amide bonds. The van der Waals surface area contributed by atoms with Crippen molar-refractivity contribution in [3.05, 3.63) is 35.9 Å². The third-order valence-corrected chi connectivity index (χ3v) is 11.9. The predicted molar refractivity (Wildman–Crippen MR) is 104 cm³/mol. The van der Waals surface area contributed by atoms with Gasteiger partial charge in [0, 0.05) is 0 Å². The lowest BCUT2D eigenvalue weighted by Gasteiger charge is -2.26. The summed E-state index contributed by atoms with van der Waals surface area (Å²) in [7, 11) is -9.17. The van der Waals surface area contributed by atoms with Crippen molar-refractivity contribution in [2.24, 2.45) is 0 Å². The fourth-order valence-corrected chi connectivity index (χ4v) is 9.72. The minimum atomic E-state index is -4.58. The molecule has 8 nitrogen and oxygen atoms in total. The van der Waals surface area contributed by atoms with Gasteiger partial charge in [-0.2, -0.15) is 0 Å². The van der Waals surface area contributed by atoms with Gasteiger partial charge < -0.3 is 9.47 Å². The maximum Gasteiger partial charge on any atom is 0.327 e. The van der Waals surface area contributed by atoms with E-state index in [1.807, 2.05) is 0 Å². The van der Waals surface area contributed by atoms with E-state index in [1.165, 1.54) is 24.3 Å². The van der Waals surface area contributed by atoms with Crippen LogP contribution in [0.3, 0.4) is 0 Å². The second-order valence-electron chi connectivity index (χ2n) is 7.26. The number of sulfone groups is 2. The summed E-state index contributed by atoms with van der Waals surface area (Å²) in [6.45, 7) is 3.05. The molecule has 29 heavy (non-hydrogen) atoms. The van der Waals surface area contributed by atoms with Crippen molar-refractivity contribution in [2.75, 3.05) is 13.2 Å². The minimum absolute atomic E-state index is 0.00125. The van der Waals surface area contributed by atoms with Crippen molar-refractivity contribution in [3.8, 4) is 0 Å². The van der Waals surface area contributed by atoms with Gasteiger partial charge in [-0.25, -0.2) is 16.8 Å². The molecule has 2 aliphatic carbocycles. The monoisotopic (exact) mass is 444 g/mol. The van der Waals surface area contributed by atoms with Crippen LogP contribution in [-0.4, -0.2) is 51.5 Å². The van der Waals surface area contributed by atoms with Crippen molar-refractivity contribution in [1.29, 1.82) is 0 Å². The smallest absolute Gasteiger partial charge is 0.327 e. The van der Waals surface area contributed by atoms with E-state index in [0.717, 1.165) is 0 Å². The van der Waals surface area contributed by atoms with Gasteiger partial charge in [0.05, 0.1) is 13.2 Å². The van der Waals surface area contributed by atoms with Gasteiger partial charge in [0.15, 0.2) is 33.8 Å². The number of carbonyl (C=O) groups excluding carboxylic acids is 2. The summed E-state index contributed by atoms with van der Waals surface area (Å²) >= 11 is 0. The van der Waals surface area contributed by atoms with E-state index in [4.69, 9.17) is 9.47 Å². The SMILES string of the molecule is CCOC(=O)C1(S(=O)(=O)C(c2ccccc2)S(=O)(=O)C2(C(=O)OCC)CC2)CC1. The number of esters is 2. The highest BCUT2D eigenvalue weighted by atomic mass is 32.3. The van der Waals surface area contributed by atoms with Crippen LogP contribution >= 0.6 is 0 Å². The minimum Gasteiger partial charge on any atom is -0.465 e. The van der Waals surface area contributed by atoms with E-state index in [1.54, 1.807) is 19.9 Å². The lowest BCUT2D eigenvalue weighted by atomic mass is 10.2. The van der Waals surface area contributed by atoms with Crippen molar-refractivity contribution in [1.82, 2.24) is 0 Å². The largest absolute Gasteiger partial charge is 0.465 e.